The van der Waals surface area contributed by atoms with Crippen LogP contribution in [0.3, 0.4) is 0 Å². The third-order valence-electron chi connectivity index (χ3n) is 4.45. The van der Waals surface area contributed by atoms with Crippen LogP contribution in [0.1, 0.15) is 55.3 Å². The van der Waals surface area contributed by atoms with Crippen molar-refractivity contribution in [1.29, 1.82) is 0 Å². The highest BCUT2D eigenvalue weighted by atomic mass is 19.1. The lowest BCUT2D eigenvalue weighted by atomic mass is 10.0. The third kappa shape index (κ3) is 6.04. The van der Waals surface area contributed by atoms with Gasteiger partial charge in [0.1, 0.15) is 5.82 Å². The fourth-order valence-electron chi connectivity index (χ4n) is 2.87. The Labute approximate surface area is 143 Å². The van der Waals surface area contributed by atoms with Crippen LogP contribution in [0, 0.1) is 5.82 Å². The summed E-state index contributed by atoms with van der Waals surface area (Å²) in [5, 5.41) is 0. The van der Waals surface area contributed by atoms with Crippen molar-refractivity contribution in [2.24, 2.45) is 0 Å². The monoisotopic (exact) mass is 335 g/mol. The lowest BCUT2D eigenvalue weighted by Gasteiger charge is -2.25. The average Bonchev–Trinajstić information content (AvgIpc) is 2.61. The number of amides is 1. The molecule has 0 radical (unpaired) electrons. The number of ketones is 1. The predicted octanol–water partition coefficient (Wildman–Crippen LogP) is 3.60. The Kier molecular flexibility index (Phi) is 7.37. The zero-order valence-electron chi connectivity index (χ0n) is 14.3. The van der Waals surface area contributed by atoms with Crippen LogP contribution in [0.4, 0.5) is 4.39 Å². The van der Waals surface area contributed by atoms with E-state index >= 15 is 0 Å². The first kappa shape index (κ1) is 18.6. The van der Waals surface area contributed by atoms with Crippen LogP contribution in [0.15, 0.2) is 24.3 Å². The molecule has 2 rings (SSSR count). The quantitative estimate of drug-likeness (QED) is 0.682. The van der Waals surface area contributed by atoms with E-state index in [4.69, 9.17) is 4.74 Å². The van der Waals surface area contributed by atoms with Gasteiger partial charge in [0.2, 0.25) is 5.91 Å². The maximum atomic E-state index is 12.8. The molecule has 0 spiro atoms. The highest BCUT2D eigenvalue weighted by Gasteiger charge is 2.16. The first-order valence-electron chi connectivity index (χ1n) is 8.70. The summed E-state index contributed by atoms with van der Waals surface area (Å²) in [6.07, 6.45) is 5.73. The fraction of sp³-hybridized carbons (Fsp3) is 0.579. The number of rotatable bonds is 8. The summed E-state index contributed by atoms with van der Waals surface area (Å²) in [4.78, 5) is 25.8. The van der Waals surface area contributed by atoms with Crippen LogP contribution in [0.2, 0.25) is 0 Å². The molecule has 1 heterocycles. The van der Waals surface area contributed by atoms with Gasteiger partial charge in [-0.15, -0.1) is 0 Å². The molecule has 0 N–H and O–H groups in total. The Balaban J connectivity index is 1.64. The Bertz CT molecular complexity index is 538. The summed E-state index contributed by atoms with van der Waals surface area (Å²) < 4.78 is 18.5. The van der Waals surface area contributed by atoms with Crippen LogP contribution < -0.4 is 0 Å². The van der Waals surface area contributed by atoms with Crippen LogP contribution in [0.25, 0.3) is 0 Å². The van der Waals surface area contributed by atoms with Gasteiger partial charge in [-0.2, -0.15) is 0 Å². The summed E-state index contributed by atoms with van der Waals surface area (Å²) in [7, 11) is 1.80. The molecule has 1 aromatic carbocycles. The number of ether oxygens (including phenoxy) is 1. The molecule has 132 valence electrons. The van der Waals surface area contributed by atoms with E-state index in [0.717, 1.165) is 25.9 Å². The molecule has 1 unspecified atom stereocenters. The lowest BCUT2D eigenvalue weighted by Crippen LogP contribution is -2.31. The van der Waals surface area contributed by atoms with Crippen molar-refractivity contribution in [2.75, 3.05) is 20.2 Å². The van der Waals surface area contributed by atoms with Crippen LogP contribution in [-0.4, -0.2) is 42.9 Å². The summed E-state index contributed by atoms with van der Waals surface area (Å²) in [6, 6.07) is 5.52. The molecule has 1 aromatic rings. The molecule has 1 atom stereocenters. The first-order chi connectivity index (χ1) is 11.6. The fourth-order valence-corrected chi connectivity index (χ4v) is 2.87. The standard InChI is InChI=1S/C19H26FNO3/c1-21(13-12-17-5-2-3-14-24-17)19(23)7-4-6-18(22)15-8-10-16(20)11-9-15/h8-11,17H,2-7,12-14H2,1H3. The van der Waals surface area contributed by atoms with Crippen LogP contribution >= 0.6 is 0 Å². The number of halogens is 1. The predicted molar refractivity (Wildman–Crippen MR) is 90.4 cm³/mol. The molecule has 0 saturated carbocycles. The van der Waals surface area contributed by atoms with Gasteiger partial charge < -0.3 is 9.64 Å². The van der Waals surface area contributed by atoms with Gasteiger partial charge in [-0.05, 0) is 56.4 Å². The van der Waals surface area contributed by atoms with Crippen molar-refractivity contribution in [3.8, 4) is 0 Å². The van der Waals surface area contributed by atoms with Crippen molar-refractivity contribution in [1.82, 2.24) is 4.90 Å². The Morgan fingerprint density at radius 2 is 1.96 bits per heavy atom. The number of Topliss-reactive ketones (excluding diaryl/α,β-unsaturated/α-hetero) is 1. The number of carbonyl (C=O) groups is 2. The number of hydrogen-bond donors (Lipinski definition) is 0. The van der Waals surface area contributed by atoms with Crippen molar-refractivity contribution in [3.63, 3.8) is 0 Å². The van der Waals surface area contributed by atoms with E-state index in [-0.39, 0.29) is 23.6 Å². The maximum Gasteiger partial charge on any atom is 0.222 e. The number of nitrogens with zero attached hydrogens (tertiary/aromatic N) is 1. The van der Waals surface area contributed by atoms with Gasteiger partial charge in [0.25, 0.3) is 0 Å². The Hall–Kier alpha value is -1.75. The first-order valence-corrected chi connectivity index (χ1v) is 8.70. The van der Waals surface area contributed by atoms with E-state index in [1.807, 2.05) is 0 Å². The summed E-state index contributed by atoms with van der Waals surface area (Å²) in [5.74, 6) is -0.357. The molecule has 1 amide bonds. The van der Waals surface area contributed by atoms with E-state index in [1.165, 1.54) is 30.7 Å². The number of carbonyl (C=O) groups excluding carboxylic acids is 2. The van der Waals surface area contributed by atoms with Gasteiger partial charge in [0.05, 0.1) is 6.10 Å². The molecule has 24 heavy (non-hydrogen) atoms. The summed E-state index contributed by atoms with van der Waals surface area (Å²) in [6.45, 7) is 1.52. The lowest BCUT2D eigenvalue weighted by molar-refractivity contribution is -0.130. The second-order valence-corrected chi connectivity index (χ2v) is 6.38. The molecule has 1 aliphatic rings. The zero-order chi connectivity index (χ0) is 17.4. The second-order valence-electron chi connectivity index (χ2n) is 6.38. The molecule has 0 aromatic heterocycles. The molecular formula is C19H26FNO3. The molecule has 1 saturated heterocycles. The molecule has 1 fully saturated rings. The van der Waals surface area contributed by atoms with Gasteiger partial charge in [0, 0.05) is 38.6 Å². The van der Waals surface area contributed by atoms with Gasteiger partial charge in [-0.1, -0.05) is 0 Å². The average molecular weight is 335 g/mol. The van der Waals surface area contributed by atoms with Crippen molar-refractivity contribution >= 4 is 11.7 Å². The Morgan fingerprint density at radius 3 is 2.62 bits per heavy atom. The third-order valence-corrected chi connectivity index (χ3v) is 4.45. The molecule has 1 aliphatic heterocycles. The summed E-state index contributed by atoms with van der Waals surface area (Å²) in [5.41, 5.74) is 0.492. The number of hydrogen-bond acceptors (Lipinski definition) is 3. The normalized spacial score (nSPS) is 17.5. The largest absolute Gasteiger partial charge is 0.378 e. The van der Waals surface area contributed by atoms with E-state index in [9.17, 15) is 14.0 Å². The van der Waals surface area contributed by atoms with Crippen molar-refractivity contribution in [2.45, 2.75) is 51.0 Å². The van der Waals surface area contributed by atoms with E-state index in [1.54, 1.807) is 11.9 Å². The summed E-state index contributed by atoms with van der Waals surface area (Å²) >= 11 is 0. The van der Waals surface area contributed by atoms with Crippen molar-refractivity contribution < 1.29 is 18.7 Å². The maximum absolute atomic E-state index is 12.8. The smallest absolute Gasteiger partial charge is 0.222 e. The Morgan fingerprint density at radius 1 is 1.21 bits per heavy atom. The van der Waals surface area contributed by atoms with Gasteiger partial charge >= 0.3 is 0 Å². The van der Waals surface area contributed by atoms with Crippen LogP contribution in [-0.2, 0) is 9.53 Å². The second kappa shape index (κ2) is 9.52. The molecule has 0 bridgehead atoms. The van der Waals surface area contributed by atoms with E-state index in [0.29, 0.717) is 31.4 Å². The topological polar surface area (TPSA) is 46.6 Å². The minimum atomic E-state index is -0.356. The van der Waals surface area contributed by atoms with E-state index < -0.39 is 0 Å². The highest BCUT2D eigenvalue weighted by molar-refractivity contribution is 5.96. The van der Waals surface area contributed by atoms with Gasteiger partial charge in [-0.25, -0.2) is 4.39 Å². The zero-order valence-corrected chi connectivity index (χ0v) is 14.3. The molecule has 5 heteroatoms. The van der Waals surface area contributed by atoms with Gasteiger partial charge in [-0.3, -0.25) is 9.59 Å². The van der Waals surface area contributed by atoms with Gasteiger partial charge in [0.15, 0.2) is 5.78 Å². The highest BCUT2D eigenvalue weighted by Crippen LogP contribution is 2.16. The SMILES string of the molecule is CN(CCC1CCCCO1)C(=O)CCCC(=O)c1ccc(F)cc1. The molecular weight excluding hydrogens is 309 g/mol. The van der Waals surface area contributed by atoms with E-state index in [2.05, 4.69) is 0 Å². The molecule has 0 aliphatic carbocycles. The molecule has 4 nitrogen and oxygen atoms in total. The number of benzene rings is 1. The minimum Gasteiger partial charge on any atom is -0.378 e. The van der Waals surface area contributed by atoms with Crippen molar-refractivity contribution in [3.05, 3.63) is 35.6 Å². The van der Waals surface area contributed by atoms with Crippen LogP contribution in [0.5, 0.6) is 0 Å². The minimum absolute atomic E-state index is 0.0534.